The number of rotatable bonds is 5. The third-order valence-electron chi connectivity index (χ3n) is 3.56. The molecule has 2 rings (SSSR count). The molecule has 1 fully saturated rings. The topological polar surface area (TPSA) is 69.8 Å². The van der Waals surface area contributed by atoms with E-state index in [2.05, 4.69) is 20.6 Å². The van der Waals surface area contributed by atoms with Gasteiger partial charge in [0.1, 0.15) is 11.6 Å². The third kappa shape index (κ3) is 4.35. The van der Waals surface area contributed by atoms with E-state index in [0.29, 0.717) is 5.82 Å². The fraction of sp³-hybridized carbons (Fsp3) is 0.714. The molecule has 0 bridgehead atoms. The molecule has 3 N–H and O–H groups in total. The van der Waals surface area contributed by atoms with Crippen molar-refractivity contribution in [1.29, 1.82) is 0 Å². The Morgan fingerprint density at radius 3 is 3.05 bits per heavy atom. The molecule has 106 valence electrons. The van der Waals surface area contributed by atoms with E-state index in [4.69, 9.17) is 0 Å². The Balaban J connectivity index is 1.86. The van der Waals surface area contributed by atoms with Gasteiger partial charge in [-0.3, -0.25) is 4.79 Å². The summed E-state index contributed by atoms with van der Waals surface area (Å²) < 4.78 is 0. The van der Waals surface area contributed by atoms with Crippen molar-refractivity contribution in [3.63, 3.8) is 0 Å². The largest absolute Gasteiger partial charge is 0.370 e. The summed E-state index contributed by atoms with van der Waals surface area (Å²) in [7, 11) is 0. The van der Waals surface area contributed by atoms with Crippen molar-refractivity contribution in [2.45, 2.75) is 39.0 Å². The molecule has 1 aromatic rings. The van der Waals surface area contributed by atoms with E-state index in [1.165, 1.54) is 18.9 Å². The molecule has 2 heterocycles. The Labute approximate surface area is 114 Å². The van der Waals surface area contributed by atoms with E-state index >= 15 is 0 Å². The number of nitrogens with zero attached hydrogens (tertiary/aromatic N) is 1. The summed E-state index contributed by atoms with van der Waals surface area (Å²) in [4.78, 5) is 18.7. The van der Waals surface area contributed by atoms with Crippen molar-refractivity contribution in [3.8, 4) is 0 Å². The maximum Gasteiger partial charge on any atom is 0.252 e. The molecule has 19 heavy (non-hydrogen) atoms. The van der Waals surface area contributed by atoms with E-state index < -0.39 is 0 Å². The third-order valence-corrected chi connectivity index (χ3v) is 3.56. The first kappa shape index (κ1) is 14.1. The fourth-order valence-electron chi connectivity index (χ4n) is 2.42. The van der Waals surface area contributed by atoms with Crippen LogP contribution in [0.15, 0.2) is 10.9 Å². The number of aromatic nitrogens is 2. The maximum absolute atomic E-state index is 11.5. The van der Waals surface area contributed by atoms with Gasteiger partial charge in [0.2, 0.25) is 0 Å². The second kappa shape index (κ2) is 6.70. The van der Waals surface area contributed by atoms with Crippen molar-refractivity contribution < 1.29 is 0 Å². The standard InChI is InChI=1S/C14H24N4O/c1-10(2)14-17-12(8-13(19)18-14)16-7-5-11-4-3-6-15-9-11/h8,10-11,15H,3-7,9H2,1-2H3,(H2,16,17,18,19). The molecule has 1 aliphatic heterocycles. The minimum absolute atomic E-state index is 0.0828. The lowest BCUT2D eigenvalue weighted by Gasteiger charge is -2.22. The Bertz CT molecular complexity index is 449. The molecular weight excluding hydrogens is 240 g/mol. The molecule has 5 nitrogen and oxygen atoms in total. The quantitative estimate of drug-likeness (QED) is 0.757. The van der Waals surface area contributed by atoms with E-state index in [-0.39, 0.29) is 11.5 Å². The van der Waals surface area contributed by atoms with E-state index in [1.807, 2.05) is 13.8 Å². The van der Waals surface area contributed by atoms with Crippen molar-refractivity contribution >= 4 is 5.82 Å². The van der Waals surface area contributed by atoms with Gasteiger partial charge in [0.15, 0.2) is 0 Å². The summed E-state index contributed by atoms with van der Waals surface area (Å²) in [5, 5.41) is 6.69. The van der Waals surface area contributed by atoms with Crippen LogP contribution in [0.4, 0.5) is 5.82 Å². The van der Waals surface area contributed by atoms with Crippen LogP contribution in [0.5, 0.6) is 0 Å². The lowest BCUT2D eigenvalue weighted by Crippen LogP contribution is -2.30. The lowest BCUT2D eigenvalue weighted by atomic mass is 9.96. The first-order valence-electron chi connectivity index (χ1n) is 7.21. The fourth-order valence-corrected chi connectivity index (χ4v) is 2.42. The molecule has 0 amide bonds. The normalized spacial score (nSPS) is 19.6. The number of anilines is 1. The van der Waals surface area contributed by atoms with Crippen molar-refractivity contribution in [1.82, 2.24) is 15.3 Å². The molecule has 0 spiro atoms. The lowest BCUT2D eigenvalue weighted by molar-refractivity contribution is 0.364. The summed E-state index contributed by atoms with van der Waals surface area (Å²) in [6.45, 7) is 7.19. The van der Waals surface area contributed by atoms with Crippen LogP contribution in [0.3, 0.4) is 0 Å². The maximum atomic E-state index is 11.5. The first-order chi connectivity index (χ1) is 9.15. The van der Waals surface area contributed by atoms with Crippen LogP contribution in [0.25, 0.3) is 0 Å². The summed E-state index contributed by atoms with van der Waals surface area (Å²) in [6.07, 6.45) is 3.69. The molecule has 1 atom stereocenters. The van der Waals surface area contributed by atoms with Crippen molar-refractivity contribution in [3.05, 3.63) is 22.2 Å². The zero-order valence-corrected chi connectivity index (χ0v) is 11.8. The molecule has 0 saturated carbocycles. The number of piperidine rings is 1. The van der Waals surface area contributed by atoms with Crippen molar-refractivity contribution in [2.24, 2.45) is 5.92 Å². The van der Waals surface area contributed by atoms with Gasteiger partial charge in [0.25, 0.3) is 5.56 Å². The minimum Gasteiger partial charge on any atom is -0.370 e. The molecule has 1 saturated heterocycles. The minimum atomic E-state index is -0.0828. The molecule has 1 unspecified atom stereocenters. The smallest absolute Gasteiger partial charge is 0.252 e. The average Bonchev–Trinajstić information content (AvgIpc) is 2.39. The Kier molecular flexibility index (Phi) is 4.96. The predicted octanol–water partition coefficient (Wildman–Crippen LogP) is 1.69. The summed E-state index contributed by atoms with van der Waals surface area (Å²) in [5.41, 5.74) is -0.0828. The van der Waals surface area contributed by atoms with Crippen molar-refractivity contribution in [2.75, 3.05) is 25.0 Å². The van der Waals surface area contributed by atoms with Crippen LogP contribution in [0.1, 0.15) is 44.9 Å². The van der Waals surface area contributed by atoms with Crippen LogP contribution < -0.4 is 16.2 Å². The van der Waals surface area contributed by atoms with Crippen LogP contribution in [0, 0.1) is 5.92 Å². The Hall–Kier alpha value is -1.36. The zero-order valence-electron chi connectivity index (χ0n) is 11.8. The van der Waals surface area contributed by atoms with Gasteiger partial charge in [-0.15, -0.1) is 0 Å². The number of H-pyrrole nitrogens is 1. The average molecular weight is 264 g/mol. The Morgan fingerprint density at radius 2 is 2.37 bits per heavy atom. The van der Waals surface area contributed by atoms with Crippen LogP contribution in [-0.4, -0.2) is 29.6 Å². The van der Waals surface area contributed by atoms with E-state index in [1.54, 1.807) is 0 Å². The van der Waals surface area contributed by atoms with E-state index in [0.717, 1.165) is 37.8 Å². The highest BCUT2D eigenvalue weighted by molar-refractivity contribution is 5.33. The molecule has 5 heteroatoms. The molecule has 1 aliphatic rings. The van der Waals surface area contributed by atoms with Gasteiger partial charge in [-0.2, -0.15) is 0 Å². The Morgan fingerprint density at radius 1 is 1.53 bits per heavy atom. The SMILES string of the molecule is CC(C)c1nc(NCCC2CCCNC2)cc(=O)[nH]1. The molecule has 1 aromatic heterocycles. The molecule has 0 radical (unpaired) electrons. The van der Waals surface area contributed by atoms with Crippen LogP contribution in [0.2, 0.25) is 0 Å². The second-order valence-electron chi connectivity index (χ2n) is 5.60. The highest BCUT2D eigenvalue weighted by Gasteiger charge is 2.12. The highest BCUT2D eigenvalue weighted by Crippen LogP contribution is 2.14. The summed E-state index contributed by atoms with van der Waals surface area (Å²) in [5.74, 6) is 2.41. The monoisotopic (exact) mass is 264 g/mol. The van der Waals surface area contributed by atoms with Gasteiger partial charge in [0.05, 0.1) is 0 Å². The number of hydrogen-bond donors (Lipinski definition) is 3. The zero-order chi connectivity index (χ0) is 13.7. The summed E-state index contributed by atoms with van der Waals surface area (Å²) >= 11 is 0. The van der Waals surface area contributed by atoms with Gasteiger partial charge in [0, 0.05) is 18.5 Å². The number of nitrogens with one attached hydrogen (secondary N) is 3. The first-order valence-corrected chi connectivity index (χ1v) is 7.21. The van der Waals surface area contributed by atoms with Gasteiger partial charge >= 0.3 is 0 Å². The van der Waals surface area contributed by atoms with Gasteiger partial charge < -0.3 is 15.6 Å². The number of hydrogen-bond acceptors (Lipinski definition) is 4. The van der Waals surface area contributed by atoms with Gasteiger partial charge in [-0.1, -0.05) is 13.8 Å². The predicted molar refractivity (Wildman–Crippen MR) is 77.6 cm³/mol. The molecular formula is C14H24N4O. The summed E-state index contributed by atoms with van der Waals surface area (Å²) in [6, 6.07) is 1.53. The van der Waals surface area contributed by atoms with Crippen LogP contribution in [-0.2, 0) is 0 Å². The van der Waals surface area contributed by atoms with E-state index in [9.17, 15) is 4.79 Å². The molecule has 0 aliphatic carbocycles. The molecule has 0 aromatic carbocycles. The highest BCUT2D eigenvalue weighted by atomic mass is 16.1. The van der Waals surface area contributed by atoms with Gasteiger partial charge in [-0.05, 0) is 38.3 Å². The van der Waals surface area contributed by atoms with Gasteiger partial charge in [-0.25, -0.2) is 4.98 Å². The second-order valence-corrected chi connectivity index (χ2v) is 5.60. The van der Waals surface area contributed by atoms with Crippen LogP contribution >= 0.6 is 0 Å². The number of aromatic amines is 1.